The lowest BCUT2D eigenvalue weighted by Gasteiger charge is -2.21. The van der Waals surface area contributed by atoms with E-state index in [1.165, 1.54) is 44.2 Å². The molecule has 88 valence electrons. The van der Waals surface area contributed by atoms with Gasteiger partial charge in [-0.05, 0) is 30.9 Å². The van der Waals surface area contributed by atoms with Crippen LogP contribution in [0.3, 0.4) is 0 Å². The van der Waals surface area contributed by atoms with Crippen molar-refractivity contribution < 1.29 is 14.2 Å². The zero-order valence-electron chi connectivity index (χ0n) is 9.29. The SMILES string of the molecule is Oc1ccc(OCC2CCCCC2)cc1F. The molecule has 1 aromatic rings. The lowest BCUT2D eigenvalue weighted by molar-refractivity contribution is 0.208. The Balaban J connectivity index is 1.86. The summed E-state index contributed by atoms with van der Waals surface area (Å²) in [5.74, 6) is 0.151. The van der Waals surface area contributed by atoms with E-state index >= 15 is 0 Å². The summed E-state index contributed by atoms with van der Waals surface area (Å²) in [6.07, 6.45) is 6.29. The number of rotatable bonds is 3. The van der Waals surface area contributed by atoms with Crippen LogP contribution in [0.2, 0.25) is 0 Å². The van der Waals surface area contributed by atoms with Gasteiger partial charge in [0.2, 0.25) is 0 Å². The zero-order chi connectivity index (χ0) is 11.4. The Hall–Kier alpha value is -1.25. The molecule has 0 saturated heterocycles. The Bertz CT molecular complexity index is 346. The highest BCUT2D eigenvalue weighted by Gasteiger charge is 2.14. The van der Waals surface area contributed by atoms with Crippen molar-refractivity contribution in [1.29, 1.82) is 0 Å². The van der Waals surface area contributed by atoms with E-state index in [9.17, 15) is 4.39 Å². The second kappa shape index (κ2) is 5.19. The van der Waals surface area contributed by atoms with E-state index in [0.717, 1.165) is 0 Å². The van der Waals surface area contributed by atoms with Gasteiger partial charge in [-0.2, -0.15) is 0 Å². The lowest BCUT2D eigenvalue weighted by Crippen LogP contribution is -2.15. The molecule has 0 amide bonds. The average Bonchev–Trinajstić information content (AvgIpc) is 2.32. The number of phenols is 1. The summed E-state index contributed by atoms with van der Waals surface area (Å²) in [6.45, 7) is 0.657. The smallest absolute Gasteiger partial charge is 0.168 e. The van der Waals surface area contributed by atoms with Gasteiger partial charge in [-0.1, -0.05) is 19.3 Å². The average molecular weight is 224 g/mol. The first-order valence-electron chi connectivity index (χ1n) is 5.87. The summed E-state index contributed by atoms with van der Waals surface area (Å²) in [7, 11) is 0. The molecule has 0 radical (unpaired) electrons. The highest BCUT2D eigenvalue weighted by atomic mass is 19.1. The molecule has 1 aromatic carbocycles. The van der Waals surface area contributed by atoms with Gasteiger partial charge in [-0.3, -0.25) is 0 Å². The van der Waals surface area contributed by atoms with Gasteiger partial charge in [0.05, 0.1) is 6.61 Å². The van der Waals surface area contributed by atoms with Crippen LogP contribution in [-0.2, 0) is 0 Å². The molecule has 1 aliphatic carbocycles. The number of halogens is 1. The first kappa shape index (κ1) is 11.2. The van der Waals surface area contributed by atoms with E-state index in [2.05, 4.69) is 0 Å². The number of aromatic hydroxyl groups is 1. The van der Waals surface area contributed by atoms with Crippen LogP contribution in [-0.4, -0.2) is 11.7 Å². The Morgan fingerprint density at radius 3 is 2.69 bits per heavy atom. The van der Waals surface area contributed by atoms with Crippen molar-refractivity contribution in [2.24, 2.45) is 5.92 Å². The molecule has 0 aliphatic heterocycles. The van der Waals surface area contributed by atoms with Crippen molar-refractivity contribution in [1.82, 2.24) is 0 Å². The van der Waals surface area contributed by atoms with E-state index in [1.807, 2.05) is 0 Å². The van der Waals surface area contributed by atoms with Crippen LogP contribution in [0.5, 0.6) is 11.5 Å². The molecule has 0 heterocycles. The van der Waals surface area contributed by atoms with Gasteiger partial charge in [0, 0.05) is 6.07 Å². The minimum absolute atomic E-state index is 0.329. The number of phenolic OH excluding ortho intramolecular Hbond substituents is 1. The standard InChI is InChI=1S/C13H17FO2/c14-12-8-11(6-7-13(12)15)16-9-10-4-2-1-3-5-10/h6-8,10,15H,1-5,9H2. The zero-order valence-corrected chi connectivity index (χ0v) is 9.29. The topological polar surface area (TPSA) is 29.5 Å². The lowest BCUT2D eigenvalue weighted by atomic mass is 9.90. The fourth-order valence-corrected chi connectivity index (χ4v) is 2.15. The summed E-state index contributed by atoms with van der Waals surface area (Å²) in [5, 5.41) is 9.03. The highest BCUT2D eigenvalue weighted by Crippen LogP contribution is 2.26. The van der Waals surface area contributed by atoms with Gasteiger partial charge < -0.3 is 9.84 Å². The molecule has 0 unspecified atom stereocenters. The number of hydrogen-bond donors (Lipinski definition) is 1. The minimum atomic E-state index is -0.624. The van der Waals surface area contributed by atoms with Gasteiger partial charge in [-0.15, -0.1) is 0 Å². The van der Waals surface area contributed by atoms with Crippen LogP contribution in [0.25, 0.3) is 0 Å². The maximum absolute atomic E-state index is 13.0. The van der Waals surface area contributed by atoms with E-state index in [1.54, 1.807) is 6.07 Å². The first-order valence-corrected chi connectivity index (χ1v) is 5.87. The Kier molecular flexibility index (Phi) is 3.65. The summed E-state index contributed by atoms with van der Waals surface area (Å²) in [6, 6.07) is 4.16. The fourth-order valence-electron chi connectivity index (χ4n) is 2.15. The molecule has 1 N–H and O–H groups in total. The third-order valence-corrected chi connectivity index (χ3v) is 3.13. The molecule has 16 heavy (non-hydrogen) atoms. The Morgan fingerprint density at radius 1 is 1.25 bits per heavy atom. The molecular weight excluding hydrogens is 207 g/mol. The molecule has 2 rings (SSSR count). The van der Waals surface area contributed by atoms with Crippen molar-refractivity contribution in [2.75, 3.05) is 6.61 Å². The molecule has 0 spiro atoms. The molecule has 0 atom stereocenters. The van der Waals surface area contributed by atoms with E-state index in [-0.39, 0.29) is 5.75 Å². The largest absolute Gasteiger partial charge is 0.505 e. The normalized spacial score (nSPS) is 17.3. The van der Waals surface area contributed by atoms with Crippen LogP contribution in [0, 0.1) is 11.7 Å². The molecule has 0 aromatic heterocycles. The van der Waals surface area contributed by atoms with Gasteiger partial charge in [0.25, 0.3) is 0 Å². The van der Waals surface area contributed by atoms with Crippen molar-refractivity contribution in [3.8, 4) is 11.5 Å². The van der Waals surface area contributed by atoms with Crippen LogP contribution in [0.1, 0.15) is 32.1 Å². The second-order valence-electron chi connectivity index (χ2n) is 4.43. The first-order chi connectivity index (χ1) is 7.75. The summed E-state index contributed by atoms with van der Waals surface area (Å²) >= 11 is 0. The van der Waals surface area contributed by atoms with Crippen molar-refractivity contribution in [3.63, 3.8) is 0 Å². The molecule has 1 fully saturated rings. The van der Waals surface area contributed by atoms with Gasteiger partial charge in [0.1, 0.15) is 5.75 Å². The van der Waals surface area contributed by atoms with E-state index in [0.29, 0.717) is 18.3 Å². The van der Waals surface area contributed by atoms with Gasteiger partial charge in [-0.25, -0.2) is 4.39 Å². The Morgan fingerprint density at radius 2 is 2.00 bits per heavy atom. The highest BCUT2D eigenvalue weighted by molar-refractivity contribution is 5.31. The van der Waals surface area contributed by atoms with Crippen molar-refractivity contribution in [2.45, 2.75) is 32.1 Å². The summed E-state index contributed by atoms with van der Waals surface area (Å²) in [5.41, 5.74) is 0. The van der Waals surface area contributed by atoms with Crippen molar-refractivity contribution >= 4 is 0 Å². The van der Waals surface area contributed by atoms with Crippen LogP contribution < -0.4 is 4.74 Å². The molecule has 1 aliphatic rings. The number of hydrogen-bond acceptors (Lipinski definition) is 2. The third-order valence-electron chi connectivity index (χ3n) is 3.13. The molecule has 3 heteroatoms. The molecule has 1 saturated carbocycles. The maximum Gasteiger partial charge on any atom is 0.168 e. The maximum atomic E-state index is 13.0. The van der Waals surface area contributed by atoms with Gasteiger partial charge in [0.15, 0.2) is 11.6 Å². The van der Waals surface area contributed by atoms with E-state index < -0.39 is 5.82 Å². The minimum Gasteiger partial charge on any atom is -0.505 e. The monoisotopic (exact) mass is 224 g/mol. The van der Waals surface area contributed by atoms with E-state index in [4.69, 9.17) is 9.84 Å². The van der Waals surface area contributed by atoms with Crippen molar-refractivity contribution in [3.05, 3.63) is 24.0 Å². The quantitative estimate of drug-likeness (QED) is 0.851. The van der Waals surface area contributed by atoms with Crippen LogP contribution in [0.4, 0.5) is 4.39 Å². The predicted octanol–water partition coefficient (Wildman–Crippen LogP) is 3.49. The second-order valence-corrected chi connectivity index (χ2v) is 4.43. The third kappa shape index (κ3) is 2.87. The summed E-state index contributed by atoms with van der Waals surface area (Å²) in [4.78, 5) is 0. The van der Waals surface area contributed by atoms with Gasteiger partial charge >= 0.3 is 0 Å². The fraction of sp³-hybridized carbons (Fsp3) is 0.538. The molecular formula is C13H17FO2. The number of ether oxygens (including phenoxy) is 1. The molecule has 2 nitrogen and oxygen atoms in total. The Labute approximate surface area is 95.1 Å². The van der Waals surface area contributed by atoms with Crippen LogP contribution >= 0.6 is 0 Å². The number of benzene rings is 1. The summed E-state index contributed by atoms with van der Waals surface area (Å²) < 4.78 is 18.5. The predicted molar refractivity (Wildman–Crippen MR) is 60.1 cm³/mol. The molecule has 0 bridgehead atoms. The van der Waals surface area contributed by atoms with Crippen LogP contribution in [0.15, 0.2) is 18.2 Å².